The van der Waals surface area contributed by atoms with Crippen LogP contribution in [0.5, 0.6) is 5.75 Å². The first-order valence-electron chi connectivity index (χ1n) is 9.09. The predicted octanol–water partition coefficient (Wildman–Crippen LogP) is 5.38. The number of nitriles is 1. The lowest BCUT2D eigenvalue weighted by molar-refractivity contribution is -0.137. The summed E-state index contributed by atoms with van der Waals surface area (Å²) < 4.78 is 5.83. The molecule has 0 aliphatic rings. The number of rotatable bonds is 7. The van der Waals surface area contributed by atoms with Crippen molar-refractivity contribution < 1.29 is 14.6 Å². The van der Waals surface area contributed by atoms with Crippen LogP contribution in [-0.4, -0.2) is 11.1 Å². The smallest absolute Gasteiger partial charge is 0.303 e. The van der Waals surface area contributed by atoms with Crippen LogP contribution in [0.25, 0.3) is 11.1 Å². The standard InChI is InChI=1S/C24H21NO3/c1-17(14-24(26)27)20-10-12-23(13-11-20)28-16-19-4-8-22(9-5-19)21-6-2-18(15-25)3-7-21/h2-13,17H,14,16H2,1H3,(H,26,27). The van der Waals surface area contributed by atoms with E-state index in [1.165, 1.54) is 0 Å². The van der Waals surface area contributed by atoms with Gasteiger partial charge < -0.3 is 9.84 Å². The van der Waals surface area contributed by atoms with Crippen LogP contribution in [0.1, 0.15) is 36.0 Å². The Hall–Kier alpha value is -3.58. The molecule has 0 aliphatic heterocycles. The fraction of sp³-hybridized carbons (Fsp3) is 0.167. The van der Waals surface area contributed by atoms with E-state index in [-0.39, 0.29) is 12.3 Å². The second kappa shape index (κ2) is 8.88. The number of carboxylic acid groups (broad SMARTS) is 1. The average molecular weight is 371 g/mol. The Morgan fingerprint density at radius 2 is 1.54 bits per heavy atom. The van der Waals surface area contributed by atoms with Gasteiger partial charge in [0.25, 0.3) is 0 Å². The van der Waals surface area contributed by atoms with Gasteiger partial charge in [0.15, 0.2) is 0 Å². The van der Waals surface area contributed by atoms with Crippen molar-refractivity contribution in [3.05, 3.63) is 89.5 Å². The fourth-order valence-corrected chi connectivity index (χ4v) is 2.97. The Labute approximate surface area is 164 Å². The zero-order chi connectivity index (χ0) is 19.9. The van der Waals surface area contributed by atoms with Crippen LogP contribution in [0, 0.1) is 11.3 Å². The van der Waals surface area contributed by atoms with Gasteiger partial charge in [0.05, 0.1) is 18.1 Å². The van der Waals surface area contributed by atoms with E-state index in [0.29, 0.717) is 12.2 Å². The highest BCUT2D eigenvalue weighted by atomic mass is 16.5. The minimum absolute atomic E-state index is 0.0266. The van der Waals surface area contributed by atoms with Crippen LogP contribution in [-0.2, 0) is 11.4 Å². The molecule has 28 heavy (non-hydrogen) atoms. The maximum absolute atomic E-state index is 10.8. The summed E-state index contributed by atoms with van der Waals surface area (Å²) in [6.07, 6.45) is 0.117. The summed E-state index contributed by atoms with van der Waals surface area (Å²) in [5, 5.41) is 17.8. The van der Waals surface area contributed by atoms with Crippen LogP contribution in [0.4, 0.5) is 0 Å². The molecule has 1 N–H and O–H groups in total. The summed E-state index contributed by atoms with van der Waals surface area (Å²) in [5.41, 5.74) is 4.85. The third kappa shape index (κ3) is 4.99. The van der Waals surface area contributed by atoms with E-state index in [1.807, 2.05) is 79.7 Å². The van der Waals surface area contributed by atoms with E-state index < -0.39 is 5.97 Å². The Morgan fingerprint density at radius 1 is 0.964 bits per heavy atom. The molecular weight excluding hydrogens is 350 g/mol. The van der Waals surface area contributed by atoms with E-state index >= 15 is 0 Å². The third-order valence-corrected chi connectivity index (χ3v) is 4.64. The number of hydrogen-bond donors (Lipinski definition) is 1. The molecule has 0 aliphatic carbocycles. The Bertz CT molecular complexity index is 968. The molecule has 0 amide bonds. The molecule has 4 nitrogen and oxygen atoms in total. The molecule has 1 unspecified atom stereocenters. The summed E-state index contributed by atoms with van der Waals surface area (Å²) in [7, 11) is 0. The summed E-state index contributed by atoms with van der Waals surface area (Å²) in [6, 6.07) is 25.3. The summed E-state index contributed by atoms with van der Waals surface area (Å²) >= 11 is 0. The Kier molecular flexibility index (Phi) is 6.08. The van der Waals surface area contributed by atoms with E-state index in [4.69, 9.17) is 15.1 Å². The van der Waals surface area contributed by atoms with E-state index in [9.17, 15) is 4.79 Å². The lowest BCUT2D eigenvalue weighted by atomic mass is 9.98. The van der Waals surface area contributed by atoms with Gasteiger partial charge in [-0.1, -0.05) is 55.5 Å². The molecule has 0 fully saturated rings. The van der Waals surface area contributed by atoms with E-state index in [0.717, 1.165) is 28.0 Å². The second-order valence-corrected chi connectivity index (χ2v) is 6.74. The molecular formula is C24H21NO3. The van der Waals surface area contributed by atoms with E-state index in [1.54, 1.807) is 0 Å². The van der Waals surface area contributed by atoms with Crippen LogP contribution in [0.3, 0.4) is 0 Å². The number of carbonyl (C=O) groups is 1. The SMILES string of the molecule is CC(CC(=O)O)c1ccc(OCc2ccc(-c3ccc(C#N)cc3)cc2)cc1. The number of ether oxygens (including phenoxy) is 1. The lowest BCUT2D eigenvalue weighted by Gasteiger charge is -2.11. The van der Waals surface area contributed by atoms with Crippen molar-refractivity contribution >= 4 is 5.97 Å². The molecule has 3 rings (SSSR count). The number of nitrogens with zero attached hydrogens (tertiary/aromatic N) is 1. The van der Waals surface area contributed by atoms with E-state index in [2.05, 4.69) is 6.07 Å². The summed E-state index contributed by atoms with van der Waals surface area (Å²) in [6.45, 7) is 2.36. The Balaban J connectivity index is 1.58. The largest absolute Gasteiger partial charge is 0.489 e. The van der Waals surface area contributed by atoms with Gasteiger partial charge in [-0.15, -0.1) is 0 Å². The van der Waals surface area contributed by atoms with Crippen LogP contribution in [0.15, 0.2) is 72.8 Å². The second-order valence-electron chi connectivity index (χ2n) is 6.74. The molecule has 0 radical (unpaired) electrons. The van der Waals surface area contributed by atoms with Crippen molar-refractivity contribution in [1.29, 1.82) is 5.26 Å². The first kappa shape index (κ1) is 19.2. The van der Waals surface area contributed by atoms with Gasteiger partial charge >= 0.3 is 5.97 Å². The van der Waals surface area contributed by atoms with Crippen LogP contribution in [0.2, 0.25) is 0 Å². The maximum atomic E-state index is 10.8. The minimum Gasteiger partial charge on any atom is -0.489 e. The highest BCUT2D eigenvalue weighted by Gasteiger charge is 2.10. The van der Waals surface area contributed by atoms with Gasteiger partial charge in [-0.2, -0.15) is 5.26 Å². The zero-order valence-corrected chi connectivity index (χ0v) is 15.6. The normalized spacial score (nSPS) is 11.4. The highest BCUT2D eigenvalue weighted by Crippen LogP contribution is 2.23. The molecule has 140 valence electrons. The van der Waals surface area contributed by atoms with Gasteiger partial charge in [-0.05, 0) is 52.4 Å². The molecule has 3 aromatic carbocycles. The van der Waals surface area contributed by atoms with Crippen molar-refractivity contribution in [3.8, 4) is 22.9 Å². The van der Waals surface area contributed by atoms with Gasteiger partial charge in [0.2, 0.25) is 0 Å². The van der Waals surface area contributed by atoms with Crippen molar-refractivity contribution in [2.75, 3.05) is 0 Å². The van der Waals surface area contributed by atoms with Crippen molar-refractivity contribution in [3.63, 3.8) is 0 Å². The monoisotopic (exact) mass is 371 g/mol. The lowest BCUT2D eigenvalue weighted by Crippen LogP contribution is -2.03. The van der Waals surface area contributed by atoms with Gasteiger partial charge in [0.1, 0.15) is 12.4 Å². The van der Waals surface area contributed by atoms with Gasteiger partial charge in [-0.3, -0.25) is 4.79 Å². The molecule has 0 saturated heterocycles. The zero-order valence-electron chi connectivity index (χ0n) is 15.6. The van der Waals surface area contributed by atoms with Crippen molar-refractivity contribution in [2.45, 2.75) is 25.9 Å². The molecule has 0 spiro atoms. The molecule has 0 heterocycles. The third-order valence-electron chi connectivity index (χ3n) is 4.64. The van der Waals surface area contributed by atoms with Crippen LogP contribution < -0.4 is 4.74 Å². The van der Waals surface area contributed by atoms with Crippen molar-refractivity contribution in [2.24, 2.45) is 0 Å². The van der Waals surface area contributed by atoms with Crippen molar-refractivity contribution in [1.82, 2.24) is 0 Å². The minimum atomic E-state index is -0.794. The van der Waals surface area contributed by atoms with Crippen LogP contribution >= 0.6 is 0 Å². The first-order chi connectivity index (χ1) is 13.5. The molecule has 0 bridgehead atoms. The summed E-state index contributed by atoms with van der Waals surface area (Å²) in [5.74, 6) is -0.0685. The molecule has 1 atom stereocenters. The van der Waals surface area contributed by atoms with Gasteiger partial charge in [-0.25, -0.2) is 0 Å². The maximum Gasteiger partial charge on any atom is 0.303 e. The number of carboxylic acids is 1. The topological polar surface area (TPSA) is 70.3 Å². The highest BCUT2D eigenvalue weighted by molar-refractivity contribution is 5.68. The molecule has 0 aromatic heterocycles. The fourth-order valence-electron chi connectivity index (χ4n) is 2.97. The quantitative estimate of drug-likeness (QED) is 0.605. The number of aliphatic carboxylic acids is 1. The Morgan fingerprint density at radius 3 is 2.07 bits per heavy atom. The number of hydrogen-bond acceptors (Lipinski definition) is 3. The summed E-state index contributed by atoms with van der Waals surface area (Å²) in [4.78, 5) is 10.8. The number of benzene rings is 3. The molecule has 0 saturated carbocycles. The average Bonchev–Trinajstić information content (AvgIpc) is 2.72. The molecule has 4 heteroatoms. The molecule has 3 aromatic rings. The first-order valence-corrected chi connectivity index (χ1v) is 9.09. The van der Waals surface area contributed by atoms with Gasteiger partial charge in [0, 0.05) is 0 Å². The predicted molar refractivity (Wildman–Crippen MR) is 108 cm³/mol.